The van der Waals surface area contributed by atoms with Gasteiger partial charge in [0.2, 0.25) is 10.0 Å². The number of halogens is 2. The van der Waals surface area contributed by atoms with Crippen molar-refractivity contribution >= 4 is 22.4 Å². The molecule has 1 aliphatic rings. The van der Waals surface area contributed by atoms with Gasteiger partial charge in [-0.2, -0.15) is 4.31 Å². The van der Waals surface area contributed by atoms with Crippen LogP contribution in [0.15, 0.2) is 23.4 Å². The van der Waals surface area contributed by atoms with Crippen LogP contribution < -0.4 is 5.32 Å². The molecule has 114 valence electrons. The van der Waals surface area contributed by atoms with Crippen molar-refractivity contribution in [3.05, 3.63) is 24.3 Å². The zero-order valence-corrected chi connectivity index (χ0v) is 12.9. The van der Waals surface area contributed by atoms with Gasteiger partial charge in [0.15, 0.2) is 0 Å². The van der Waals surface area contributed by atoms with Crippen LogP contribution in [0.25, 0.3) is 0 Å². The molecule has 0 aromatic carbocycles. The summed E-state index contributed by atoms with van der Waals surface area (Å²) in [6.07, 6.45) is 4.03. The molecule has 1 fully saturated rings. The number of pyridine rings is 1. The topological polar surface area (TPSA) is 62.3 Å². The largest absolute Gasteiger partial charge is 0.319 e. The number of nitrogens with zero attached hydrogens (tertiary/aromatic N) is 2. The molecule has 0 bridgehead atoms. The van der Waals surface area contributed by atoms with Crippen LogP contribution in [0.2, 0.25) is 0 Å². The summed E-state index contributed by atoms with van der Waals surface area (Å²) in [7, 11) is -1.78. The highest BCUT2D eigenvalue weighted by Gasteiger charge is 2.30. The second kappa shape index (κ2) is 7.31. The number of hydrogen-bond acceptors (Lipinski definition) is 4. The highest BCUT2D eigenvalue weighted by atomic mass is 35.5. The summed E-state index contributed by atoms with van der Waals surface area (Å²) in [6, 6.07) is 1.02. The predicted molar refractivity (Wildman–Crippen MR) is 76.9 cm³/mol. The highest BCUT2D eigenvalue weighted by Crippen LogP contribution is 2.23. The molecule has 8 heteroatoms. The monoisotopic (exact) mass is 323 g/mol. The first kappa shape index (κ1) is 17.3. The van der Waals surface area contributed by atoms with E-state index in [-0.39, 0.29) is 17.3 Å². The van der Waals surface area contributed by atoms with Gasteiger partial charge >= 0.3 is 0 Å². The minimum atomic E-state index is -3.63. The van der Waals surface area contributed by atoms with E-state index in [0.717, 1.165) is 31.6 Å². The molecule has 1 saturated heterocycles. The molecular weight excluding hydrogens is 305 g/mol. The SMILES string of the molecule is CNCC1CCCN(S(=O)(=O)c2cncc(F)c2)C1.Cl. The fraction of sp³-hybridized carbons (Fsp3) is 0.583. The van der Waals surface area contributed by atoms with Crippen LogP contribution in [0.1, 0.15) is 12.8 Å². The third-order valence-corrected chi connectivity index (χ3v) is 5.12. The summed E-state index contributed by atoms with van der Waals surface area (Å²) < 4.78 is 39.3. The first-order valence-electron chi connectivity index (χ1n) is 6.29. The van der Waals surface area contributed by atoms with Gasteiger partial charge in [-0.1, -0.05) is 0 Å². The molecule has 1 atom stereocenters. The predicted octanol–water partition coefficient (Wildman–Crippen LogP) is 1.26. The Labute approximate surface area is 125 Å². The molecule has 20 heavy (non-hydrogen) atoms. The van der Waals surface area contributed by atoms with Crippen molar-refractivity contribution in [2.75, 3.05) is 26.7 Å². The van der Waals surface area contributed by atoms with Gasteiger partial charge in [-0.05, 0) is 38.4 Å². The van der Waals surface area contributed by atoms with E-state index >= 15 is 0 Å². The average molecular weight is 324 g/mol. The lowest BCUT2D eigenvalue weighted by molar-refractivity contribution is 0.263. The molecule has 1 aromatic rings. The number of piperidine rings is 1. The van der Waals surface area contributed by atoms with E-state index in [1.165, 1.54) is 10.5 Å². The van der Waals surface area contributed by atoms with Gasteiger partial charge < -0.3 is 5.32 Å². The van der Waals surface area contributed by atoms with Crippen LogP contribution in [0.3, 0.4) is 0 Å². The summed E-state index contributed by atoms with van der Waals surface area (Å²) in [4.78, 5) is 3.54. The van der Waals surface area contributed by atoms with E-state index in [4.69, 9.17) is 0 Å². The second-order valence-electron chi connectivity index (χ2n) is 4.77. The van der Waals surface area contributed by atoms with Crippen LogP contribution in [-0.4, -0.2) is 44.4 Å². The maximum absolute atomic E-state index is 13.1. The standard InChI is InChI=1S/C12H18FN3O2S.ClH/c1-14-6-10-3-2-4-16(9-10)19(17,18)12-5-11(13)7-15-8-12;/h5,7-8,10,14H,2-4,6,9H2,1H3;1H. The van der Waals surface area contributed by atoms with Crippen molar-refractivity contribution in [2.45, 2.75) is 17.7 Å². The average Bonchev–Trinajstić information content (AvgIpc) is 2.39. The lowest BCUT2D eigenvalue weighted by Crippen LogP contribution is -2.42. The molecule has 1 aliphatic heterocycles. The summed E-state index contributed by atoms with van der Waals surface area (Å²) in [5, 5.41) is 3.06. The molecule has 0 saturated carbocycles. The number of aromatic nitrogens is 1. The van der Waals surface area contributed by atoms with Crippen molar-refractivity contribution < 1.29 is 12.8 Å². The first-order valence-corrected chi connectivity index (χ1v) is 7.73. The normalized spacial score (nSPS) is 20.4. The Morgan fingerprint density at radius 2 is 2.25 bits per heavy atom. The summed E-state index contributed by atoms with van der Waals surface area (Å²) in [5.74, 6) is -0.333. The van der Waals surface area contributed by atoms with Crippen LogP contribution in [0, 0.1) is 11.7 Å². The fourth-order valence-electron chi connectivity index (χ4n) is 2.38. The third kappa shape index (κ3) is 3.88. The van der Waals surface area contributed by atoms with Gasteiger partial charge in [0.05, 0.1) is 6.20 Å². The van der Waals surface area contributed by atoms with Crippen molar-refractivity contribution in [1.29, 1.82) is 0 Å². The number of rotatable bonds is 4. The van der Waals surface area contributed by atoms with Gasteiger partial charge in [-0.3, -0.25) is 4.98 Å². The van der Waals surface area contributed by atoms with Crippen molar-refractivity contribution in [3.63, 3.8) is 0 Å². The van der Waals surface area contributed by atoms with Crippen LogP contribution in [-0.2, 0) is 10.0 Å². The molecule has 0 radical (unpaired) electrons. The number of nitrogens with one attached hydrogen (secondary N) is 1. The van der Waals surface area contributed by atoms with Crippen molar-refractivity contribution in [1.82, 2.24) is 14.6 Å². The third-order valence-electron chi connectivity index (χ3n) is 3.29. The quantitative estimate of drug-likeness (QED) is 0.906. The second-order valence-corrected chi connectivity index (χ2v) is 6.71. The summed E-state index contributed by atoms with van der Waals surface area (Å²) >= 11 is 0. The Morgan fingerprint density at radius 1 is 1.50 bits per heavy atom. The first-order chi connectivity index (χ1) is 9.04. The van der Waals surface area contributed by atoms with Gasteiger partial charge in [0, 0.05) is 19.3 Å². The lowest BCUT2D eigenvalue weighted by Gasteiger charge is -2.31. The fourth-order valence-corrected chi connectivity index (χ4v) is 3.91. The molecule has 0 amide bonds. The Kier molecular flexibility index (Phi) is 6.32. The molecule has 1 unspecified atom stereocenters. The van der Waals surface area contributed by atoms with Crippen LogP contribution in [0.4, 0.5) is 4.39 Å². The van der Waals surface area contributed by atoms with Gasteiger partial charge in [-0.15, -0.1) is 12.4 Å². The smallest absolute Gasteiger partial charge is 0.244 e. The van der Waals surface area contributed by atoms with E-state index in [1.807, 2.05) is 7.05 Å². The number of sulfonamides is 1. The minimum Gasteiger partial charge on any atom is -0.319 e. The molecular formula is C12H19ClFN3O2S. The zero-order valence-electron chi connectivity index (χ0n) is 11.3. The lowest BCUT2D eigenvalue weighted by atomic mass is 10.00. The van der Waals surface area contributed by atoms with Crippen molar-refractivity contribution in [2.24, 2.45) is 5.92 Å². The minimum absolute atomic E-state index is 0. The number of hydrogen-bond donors (Lipinski definition) is 1. The van der Waals surface area contributed by atoms with Gasteiger partial charge in [0.1, 0.15) is 10.7 Å². The van der Waals surface area contributed by atoms with Crippen molar-refractivity contribution in [3.8, 4) is 0 Å². The Morgan fingerprint density at radius 3 is 2.90 bits per heavy atom. The maximum Gasteiger partial charge on any atom is 0.244 e. The Bertz CT molecular complexity index is 539. The molecule has 5 nitrogen and oxygen atoms in total. The molecule has 2 heterocycles. The molecule has 0 aliphatic carbocycles. The molecule has 1 N–H and O–H groups in total. The Balaban J connectivity index is 0.00000200. The summed E-state index contributed by atoms with van der Waals surface area (Å²) in [5.41, 5.74) is 0. The van der Waals surface area contributed by atoms with Crippen LogP contribution >= 0.6 is 12.4 Å². The summed E-state index contributed by atoms with van der Waals surface area (Å²) in [6.45, 7) is 1.74. The van der Waals surface area contributed by atoms with Gasteiger partial charge in [0.25, 0.3) is 0 Å². The van der Waals surface area contributed by atoms with E-state index in [0.29, 0.717) is 19.0 Å². The van der Waals surface area contributed by atoms with E-state index in [1.54, 1.807) is 0 Å². The highest BCUT2D eigenvalue weighted by molar-refractivity contribution is 7.89. The van der Waals surface area contributed by atoms with Gasteiger partial charge in [-0.25, -0.2) is 12.8 Å². The molecule has 2 rings (SSSR count). The van der Waals surface area contributed by atoms with Crippen LogP contribution in [0.5, 0.6) is 0 Å². The van der Waals surface area contributed by atoms with E-state index in [9.17, 15) is 12.8 Å². The maximum atomic E-state index is 13.1. The molecule has 1 aromatic heterocycles. The Hall–Kier alpha value is -0.760. The van der Waals surface area contributed by atoms with E-state index in [2.05, 4.69) is 10.3 Å². The van der Waals surface area contributed by atoms with E-state index < -0.39 is 15.8 Å². The molecule has 0 spiro atoms. The zero-order chi connectivity index (χ0) is 13.9.